The molecule has 8 nitrogen and oxygen atoms in total. The summed E-state index contributed by atoms with van der Waals surface area (Å²) >= 11 is 0. The molecule has 1 aromatic heterocycles. The molecule has 0 aliphatic carbocycles. The first-order valence-electron chi connectivity index (χ1n) is 12.1. The summed E-state index contributed by atoms with van der Waals surface area (Å²) in [7, 11) is 1.58. The van der Waals surface area contributed by atoms with Crippen LogP contribution in [-0.4, -0.2) is 47.1 Å². The molecule has 5 aromatic rings. The maximum absolute atomic E-state index is 14.2. The van der Waals surface area contributed by atoms with E-state index < -0.39 is 6.04 Å². The van der Waals surface area contributed by atoms with Crippen LogP contribution in [0.15, 0.2) is 97.1 Å². The minimum Gasteiger partial charge on any atom is -0.383 e. The summed E-state index contributed by atoms with van der Waals surface area (Å²) in [6.45, 7) is 0.600. The molecule has 1 N–H and O–H groups in total. The van der Waals surface area contributed by atoms with Gasteiger partial charge in [-0.15, -0.1) is 5.10 Å². The van der Waals surface area contributed by atoms with Crippen molar-refractivity contribution in [2.45, 2.75) is 12.6 Å². The van der Waals surface area contributed by atoms with E-state index in [9.17, 15) is 9.59 Å². The lowest BCUT2D eigenvalue weighted by atomic mass is 10.0. The summed E-state index contributed by atoms with van der Waals surface area (Å²) in [5.74, 6) is -0.587. The molecular weight excluding hydrogens is 466 g/mol. The topological polar surface area (TPSA) is 89.4 Å². The first-order chi connectivity index (χ1) is 18.2. The Kier molecular flexibility index (Phi) is 7.19. The molecular formula is C29H27N5O3. The number of aromatic nitrogens is 3. The van der Waals surface area contributed by atoms with Gasteiger partial charge in [-0.3, -0.25) is 14.5 Å². The molecule has 0 spiro atoms. The second-order valence-electron chi connectivity index (χ2n) is 8.59. The molecule has 1 unspecified atom stereocenters. The third kappa shape index (κ3) is 5.05. The van der Waals surface area contributed by atoms with Crippen LogP contribution in [0.25, 0.3) is 21.8 Å². The van der Waals surface area contributed by atoms with Crippen molar-refractivity contribution in [2.24, 2.45) is 0 Å². The second-order valence-corrected chi connectivity index (χ2v) is 8.59. The largest absolute Gasteiger partial charge is 0.383 e. The Balaban J connectivity index is 1.64. The van der Waals surface area contributed by atoms with Crippen molar-refractivity contribution < 1.29 is 14.3 Å². The fourth-order valence-electron chi connectivity index (χ4n) is 4.50. The standard InChI is InChI=1S/C29H27N5O3/c1-37-19-18-30-29(36)28(22-11-3-2-4-12-22)34(25-17-9-13-21-10-5-6-14-23(21)25)27(35)20-33-26-16-8-7-15-24(26)31-32-33/h2-17,28H,18-20H2,1H3,(H,30,36). The van der Waals surface area contributed by atoms with Gasteiger partial charge < -0.3 is 10.1 Å². The molecule has 1 atom stereocenters. The molecule has 1 heterocycles. The number of nitrogens with one attached hydrogen (secondary N) is 1. The molecule has 0 bridgehead atoms. The predicted molar refractivity (Wildman–Crippen MR) is 143 cm³/mol. The van der Waals surface area contributed by atoms with Gasteiger partial charge in [0.1, 0.15) is 18.1 Å². The van der Waals surface area contributed by atoms with Crippen LogP contribution in [0.3, 0.4) is 0 Å². The van der Waals surface area contributed by atoms with Crippen LogP contribution in [0.2, 0.25) is 0 Å². The molecule has 186 valence electrons. The van der Waals surface area contributed by atoms with E-state index in [1.54, 1.807) is 16.7 Å². The van der Waals surface area contributed by atoms with E-state index in [2.05, 4.69) is 15.6 Å². The summed E-state index contributed by atoms with van der Waals surface area (Å²) < 4.78 is 6.70. The summed E-state index contributed by atoms with van der Waals surface area (Å²) in [6, 6.07) is 29.5. The number of methoxy groups -OCH3 is 1. The minimum atomic E-state index is -0.911. The van der Waals surface area contributed by atoms with Gasteiger partial charge in [0.05, 0.1) is 17.8 Å². The highest BCUT2D eigenvalue weighted by Gasteiger charge is 2.34. The molecule has 37 heavy (non-hydrogen) atoms. The molecule has 0 aliphatic rings. The zero-order valence-corrected chi connectivity index (χ0v) is 20.4. The third-order valence-corrected chi connectivity index (χ3v) is 6.23. The predicted octanol–water partition coefficient (Wildman–Crippen LogP) is 4.12. The first kappa shape index (κ1) is 24.1. The van der Waals surface area contributed by atoms with Crippen molar-refractivity contribution in [1.29, 1.82) is 0 Å². The second kappa shape index (κ2) is 11.0. The van der Waals surface area contributed by atoms with Crippen molar-refractivity contribution >= 4 is 39.3 Å². The Hall–Kier alpha value is -4.56. The Labute approximate surface area is 214 Å². The van der Waals surface area contributed by atoms with Crippen LogP contribution in [0.5, 0.6) is 0 Å². The van der Waals surface area contributed by atoms with E-state index in [0.29, 0.717) is 29.9 Å². The van der Waals surface area contributed by atoms with E-state index in [-0.39, 0.29) is 18.4 Å². The lowest BCUT2D eigenvalue weighted by Gasteiger charge is -2.32. The van der Waals surface area contributed by atoms with Crippen LogP contribution in [0, 0.1) is 0 Å². The number of hydrogen-bond donors (Lipinski definition) is 1. The average molecular weight is 494 g/mol. The van der Waals surface area contributed by atoms with Crippen molar-refractivity contribution in [2.75, 3.05) is 25.2 Å². The number of fused-ring (bicyclic) bond motifs is 2. The Morgan fingerprint density at radius 1 is 0.919 bits per heavy atom. The zero-order chi connectivity index (χ0) is 25.6. The Bertz CT molecular complexity index is 1530. The number of carbonyl (C=O) groups is 2. The number of anilines is 1. The summed E-state index contributed by atoms with van der Waals surface area (Å²) in [5.41, 5.74) is 2.78. The van der Waals surface area contributed by atoms with Gasteiger partial charge in [0, 0.05) is 19.0 Å². The van der Waals surface area contributed by atoms with E-state index in [0.717, 1.165) is 16.3 Å². The number of para-hydroxylation sites is 1. The van der Waals surface area contributed by atoms with Gasteiger partial charge in [-0.2, -0.15) is 0 Å². The molecule has 2 amide bonds. The highest BCUT2D eigenvalue weighted by atomic mass is 16.5. The van der Waals surface area contributed by atoms with Crippen molar-refractivity contribution in [3.63, 3.8) is 0 Å². The summed E-state index contributed by atoms with van der Waals surface area (Å²) in [6.07, 6.45) is 0. The van der Waals surface area contributed by atoms with E-state index >= 15 is 0 Å². The molecule has 0 radical (unpaired) electrons. The van der Waals surface area contributed by atoms with E-state index in [1.165, 1.54) is 0 Å². The molecule has 0 saturated carbocycles. The molecule has 0 aliphatic heterocycles. The van der Waals surface area contributed by atoms with Crippen molar-refractivity contribution in [3.8, 4) is 0 Å². The molecule has 0 fully saturated rings. The fraction of sp³-hybridized carbons (Fsp3) is 0.172. The average Bonchev–Trinajstić information content (AvgIpc) is 3.34. The number of carbonyl (C=O) groups excluding carboxylic acids is 2. The molecule has 0 saturated heterocycles. The smallest absolute Gasteiger partial charge is 0.249 e. The van der Waals surface area contributed by atoms with Gasteiger partial charge in [-0.1, -0.05) is 84.1 Å². The monoisotopic (exact) mass is 493 g/mol. The van der Waals surface area contributed by atoms with Gasteiger partial charge in [-0.05, 0) is 29.1 Å². The SMILES string of the molecule is COCCNC(=O)C(c1ccccc1)N(C(=O)Cn1nnc2ccccc21)c1cccc2ccccc12. The Morgan fingerprint density at radius 2 is 1.65 bits per heavy atom. The Morgan fingerprint density at radius 3 is 2.49 bits per heavy atom. The fourth-order valence-corrected chi connectivity index (χ4v) is 4.50. The number of hydrogen-bond acceptors (Lipinski definition) is 5. The van der Waals surface area contributed by atoms with Crippen LogP contribution >= 0.6 is 0 Å². The minimum absolute atomic E-state index is 0.0849. The maximum Gasteiger partial charge on any atom is 0.249 e. The van der Waals surface area contributed by atoms with Gasteiger partial charge >= 0.3 is 0 Å². The number of nitrogens with zero attached hydrogens (tertiary/aromatic N) is 4. The first-order valence-corrected chi connectivity index (χ1v) is 12.1. The highest BCUT2D eigenvalue weighted by molar-refractivity contribution is 6.08. The highest BCUT2D eigenvalue weighted by Crippen LogP contribution is 2.34. The lowest BCUT2D eigenvalue weighted by Crippen LogP contribution is -2.46. The van der Waals surface area contributed by atoms with Crippen molar-refractivity contribution in [1.82, 2.24) is 20.3 Å². The maximum atomic E-state index is 14.2. The number of amides is 2. The molecule has 5 rings (SSSR count). The van der Waals surface area contributed by atoms with E-state index in [4.69, 9.17) is 4.74 Å². The van der Waals surface area contributed by atoms with Gasteiger partial charge in [0.2, 0.25) is 11.8 Å². The molecule has 8 heteroatoms. The van der Waals surface area contributed by atoms with E-state index in [1.807, 2.05) is 97.1 Å². The van der Waals surface area contributed by atoms with Crippen molar-refractivity contribution in [3.05, 3.63) is 103 Å². The zero-order valence-electron chi connectivity index (χ0n) is 20.4. The summed E-state index contributed by atoms with van der Waals surface area (Å²) in [5, 5.41) is 13.2. The molecule has 4 aromatic carbocycles. The number of rotatable bonds is 9. The van der Waals surface area contributed by atoms with Gasteiger partial charge in [-0.25, -0.2) is 4.68 Å². The quantitative estimate of drug-likeness (QED) is 0.312. The number of ether oxygens (including phenoxy) is 1. The third-order valence-electron chi connectivity index (χ3n) is 6.23. The number of benzene rings is 4. The lowest BCUT2D eigenvalue weighted by molar-refractivity contribution is -0.127. The van der Waals surface area contributed by atoms with Crippen LogP contribution in [0.1, 0.15) is 11.6 Å². The normalized spacial score (nSPS) is 11.9. The van der Waals surface area contributed by atoms with Gasteiger partial charge in [0.15, 0.2) is 0 Å². The van der Waals surface area contributed by atoms with Crippen LogP contribution < -0.4 is 10.2 Å². The van der Waals surface area contributed by atoms with Crippen LogP contribution in [0.4, 0.5) is 5.69 Å². The van der Waals surface area contributed by atoms with Gasteiger partial charge in [0.25, 0.3) is 0 Å². The summed E-state index contributed by atoms with van der Waals surface area (Å²) in [4.78, 5) is 29.5. The van der Waals surface area contributed by atoms with Crippen LogP contribution in [-0.2, 0) is 20.9 Å².